The molecule has 6 nitrogen and oxygen atoms in total. The van der Waals surface area contributed by atoms with Gasteiger partial charge in [-0.3, -0.25) is 9.69 Å². The van der Waals surface area contributed by atoms with Gasteiger partial charge in [0.15, 0.2) is 0 Å². The van der Waals surface area contributed by atoms with Crippen LogP contribution in [0.15, 0.2) is 42.6 Å². The van der Waals surface area contributed by atoms with E-state index in [1.165, 1.54) is 0 Å². The Morgan fingerprint density at radius 1 is 1.00 bits per heavy atom. The van der Waals surface area contributed by atoms with Gasteiger partial charge in [0.25, 0.3) is 0 Å². The fourth-order valence-corrected chi connectivity index (χ4v) is 3.75. The third kappa shape index (κ3) is 3.22. The summed E-state index contributed by atoms with van der Waals surface area (Å²) in [6.07, 6.45) is 2.71. The average Bonchev–Trinajstić information content (AvgIpc) is 3.04. The first-order valence-electron chi connectivity index (χ1n) is 8.87. The van der Waals surface area contributed by atoms with Gasteiger partial charge in [-0.25, -0.2) is 9.97 Å². The molecule has 3 heterocycles. The maximum absolute atomic E-state index is 12.9. The number of anilines is 2. The highest BCUT2D eigenvalue weighted by molar-refractivity contribution is 5.99. The minimum atomic E-state index is 0.00879. The highest BCUT2D eigenvalue weighted by atomic mass is 16.2. The molecule has 1 aromatic heterocycles. The summed E-state index contributed by atoms with van der Waals surface area (Å²) in [4.78, 5) is 28.0. The van der Waals surface area contributed by atoms with Gasteiger partial charge in [0.05, 0.1) is 6.04 Å². The molecule has 1 amide bonds. The molecule has 0 radical (unpaired) electrons. The molecule has 1 aromatic carbocycles. The highest BCUT2D eigenvalue weighted by Crippen LogP contribution is 2.25. The van der Waals surface area contributed by atoms with E-state index in [0.717, 1.165) is 56.5 Å². The Morgan fingerprint density at radius 3 is 2.48 bits per heavy atom. The molecule has 0 unspecified atom stereocenters. The molecule has 4 rings (SSSR count). The molecule has 0 N–H and O–H groups in total. The van der Waals surface area contributed by atoms with Crippen LogP contribution in [0.1, 0.15) is 12.2 Å². The van der Waals surface area contributed by atoms with Crippen molar-refractivity contribution in [1.82, 2.24) is 14.9 Å². The number of aromatic nitrogens is 2. The van der Waals surface area contributed by atoms with E-state index in [0.29, 0.717) is 0 Å². The third-order valence-corrected chi connectivity index (χ3v) is 5.09. The number of nitrogens with zero attached hydrogens (tertiary/aromatic N) is 5. The van der Waals surface area contributed by atoms with E-state index in [2.05, 4.69) is 19.8 Å². The van der Waals surface area contributed by atoms with Gasteiger partial charge in [0.1, 0.15) is 11.6 Å². The molecule has 2 aliphatic heterocycles. The zero-order chi connectivity index (χ0) is 17.2. The smallest absolute Gasteiger partial charge is 0.244 e. The molecule has 0 saturated carbocycles. The summed E-state index contributed by atoms with van der Waals surface area (Å²) in [5, 5.41) is 0. The van der Waals surface area contributed by atoms with Crippen LogP contribution in [0.4, 0.5) is 11.5 Å². The van der Waals surface area contributed by atoms with Gasteiger partial charge in [-0.15, -0.1) is 0 Å². The Kier molecular flexibility index (Phi) is 4.36. The number of rotatable bonds is 3. The Morgan fingerprint density at radius 2 is 1.76 bits per heavy atom. The molecular formula is C19H23N5O. The standard InChI is InChI=1S/C19H23N5O/c1-15-20-9-7-18(21-15)23-13-11-22(12-14-23)17-8-10-24(19(17)25)16-5-3-2-4-6-16/h2-7,9,17H,8,10-14H2,1H3/t17-/m1/s1. The van der Waals surface area contributed by atoms with Crippen LogP contribution in [-0.2, 0) is 4.79 Å². The van der Waals surface area contributed by atoms with Gasteiger partial charge in [0, 0.05) is 44.6 Å². The molecule has 0 spiro atoms. The van der Waals surface area contributed by atoms with Crippen molar-refractivity contribution in [1.29, 1.82) is 0 Å². The first kappa shape index (κ1) is 16.0. The predicted molar refractivity (Wildman–Crippen MR) is 97.8 cm³/mol. The number of carbonyl (C=O) groups is 1. The van der Waals surface area contributed by atoms with Crippen LogP contribution >= 0.6 is 0 Å². The Hall–Kier alpha value is -2.47. The minimum Gasteiger partial charge on any atom is -0.354 e. The number of hydrogen-bond acceptors (Lipinski definition) is 5. The van der Waals surface area contributed by atoms with Crippen LogP contribution in [0.25, 0.3) is 0 Å². The molecule has 2 aliphatic rings. The molecular weight excluding hydrogens is 314 g/mol. The maximum Gasteiger partial charge on any atom is 0.244 e. The zero-order valence-electron chi connectivity index (χ0n) is 14.5. The van der Waals surface area contributed by atoms with E-state index < -0.39 is 0 Å². The lowest BCUT2D eigenvalue weighted by Crippen LogP contribution is -2.52. The molecule has 0 bridgehead atoms. The molecule has 130 valence electrons. The molecule has 25 heavy (non-hydrogen) atoms. The minimum absolute atomic E-state index is 0.00879. The second-order valence-corrected chi connectivity index (χ2v) is 6.61. The van der Waals surface area contributed by atoms with Gasteiger partial charge in [0.2, 0.25) is 5.91 Å². The van der Waals surface area contributed by atoms with Gasteiger partial charge < -0.3 is 9.80 Å². The number of piperazine rings is 1. The van der Waals surface area contributed by atoms with E-state index in [9.17, 15) is 4.79 Å². The van der Waals surface area contributed by atoms with Crippen molar-refractivity contribution in [3.8, 4) is 0 Å². The molecule has 2 saturated heterocycles. The van der Waals surface area contributed by atoms with Crippen molar-refractivity contribution in [3.63, 3.8) is 0 Å². The molecule has 6 heteroatoms. The molecule has 2 fully saturated rings. The quantitative estimate of drug-likeness (QED) is 0.853. The summed E-state index contributed by atoms with van der Waals surface area (Å²) < 4.78 is 0. The molecule has 1 atom stereocenters. The number of hydrogen-bond donors (Lipinski definition) is 0. The van der Waals surface area contributed by atoms with Crippen LogP contribution < -0.4 is 9.80 Å². The van der Waals surface area contributed by atoms with Crippen molar-refractivity contribution in [2.75, 3.05) is 42.5 Å². The third-order valence-electron chi connectivity index (χ3n) is 5.09. The number of aryl methyl sites for hydroxylation is 1. The van der Waals surface area contributed by atoms with Crippen LogP contribution in [-0.4, -0.2) is 59.5 Å². The van der Waals surface area contributed by atoms with Crippen LogP contribution in [0.5, 0.6) is 0 Å². The fraction of sp³-hybridized carbons (Fsp3) is 0.421. The van der Waals surface area contributed by atoms with Crippen molar-refractivity contribution in [3.05, 3.63) is 48.4 Å². The summed E-state index contributed by atoms with van der Waals surface area (Å²) in [7, 11) is 0. The van der Waals surface area contributed by atoms with Crippen molar-refractivity contribution < 1.29 is 4.79 Å². The SMILES string of the molecule is Cc1nccc(N2CCN([C@@H]3CCN(c4ccccc4)C3=O)CC2)n1. The summed E-state index contributed by atoms with van der Waals surface area (Å²) in [6.45, 7) is 6.29. The van der Waals surface area contributed by atoms with E-state index in [1.54, 1.807) is 0 Å². The Balaban J connectivity index is 1.39. The first-order valence-corrected chi connectivity index (χ1v) is 8.87. The number of benzene rings is 1. The van der Waals surface area contributed by atoms with Crippen molar-refractivity contribution in [2.45, 2.75) is 19.4 Å². The Bertz CT molecular complexity index is 742. The van der Waals surface area contributed by atoms with E-state index in [1.807, 2.05) is 54.4 Å². The monoisotopic (exact) mass is 337 g/mol. The van der Waals surface area contributed by atoms with Crippen LogP contribution in [0.2, 0.25) is 0 Å². The van der Waals surface area contributed by atoms with E-state index >= 15 is 0 Å². The van der Waals surface area contributed by atoms with E-state index in [-0.39, 0.29) is 11.9 Å². The summed E-state index contributed by atoms with van der Waals surface area (Å²) in [6, 6.07) is 11.9. The number of para-hydroxylation sites is 1. The maximum atomic E-state index is 12.9. The summed E-state index contributed by atoms with van der Waals surface area (Å²) in [5.74, 6) is 2.01. The van der Waals surface area contributed by atoms with Crippen molar-refractivity contribution in [2.24, 2.45) is 0 Å². The summed E-state index contributed by atoms with van der Waals surface area (Å²) in [5.41, 5.74) is 1.00. The largest absolute Gasteiger partial charge is 0.354 e. The van der Waals surface area contributed by atoms with Gasteiger partial charge in [-0.05, 0) is 31.5 Å². The second kappa shape index (κ2) is 6.80. The average molecular weight is 337 g/mol. The first-order chi connectivity index (χ1) is 12.2. The van der Waals surface area contributed by atoms with Gasteiger partial charge in [-0.2, -0.15) is 0 Å². The van der Waals surface area contributed by atoms with Crippen LogP contribution in [0.3, 0.4) is 0 Å². The second-order valence-electron chi connectivity index (χ2n) is 6.61. The summed E-state index contributed by atoms with van der Waals surface area (Å²) >= 11 is 0. The molecule has 0 aliphatic carbocycles. The van der Waals surface area contributed by atoms with Gasteiger partial charge in [-0.1, -0.05) is 18.2 Å². The van der Waals surface area contributed by atoms with Crippen LogP contribution in [0, 0.1) is 6.92 Å². The van der Waals surface area contributed by atoms with Gasteiger partial charge >= 0.3 is 0 Å². The lowest BCUT2D eigenvalue weighted by atomic mass is 10.2. The zero-order valence-corrected chi connectivity index (χ0v) is 14.5. The van der Waals surface area contributed by atoms with E-state index in [4.69, 9.17) is 0 Å². The number of carbonyl (C=O) groups excluding carboxylic acids is 1. The normalized spacial score (nSPS) is 21.8. The fourth-order valence-electron chi connectivity index (χ4n) is 3.75. The molecule has 2 aromatic rings. The number of amides is 1. The highest BCUT2D eigenvalue weighted by Gasteiger charge is 2.37. The topological polar surface area (TPSA) is 52.6 Å². The predicted octanol–water partition coefficient (Wildman–Crippen LogP) is 1.71. The Labute approximate surface area is 148 Å². The van der Waals surface area contributed by atoms with Crippen molar-refractivity contribution >= 4 is 17.4 Å². The lowest BCUT2D eigenvalue weighted by Gasteiger charge is -2.37. The lowest BCUT2D eigenvalue weighted by molar-refractivity contribution is -0.121.